The summed E-state index contributed by atoms with van der Waals surface area (Å²) in [6, 6.07) is 4.21. The summed E-state index contributed by atoms with van der Waals surface area (Å²) < 4.78 is 0. The number of nitriles is 1. The first kappa shape index (κ1) is 12.8. The van der Waals surface area contributed by atoms with Crippen LogP contribution in [0.5, 0.6) is 0 Å². The summed E-state index contributed by atoms with van der Waals surface area (Å²) in [6.45, 7) is 7.36. The summed E-state index contributed by atoms with van der Waals surface area (Å²) in [5.41, 5.74) is 3.34. The second-order valence-electron chi connectivity index (χ2n) is 5.09. The minimum atomic E-state index is -0.287. The molecule has 0 aromatic carbocycles. The quantitative estimate of drug-likeness (QED) is 0.862. The van der Waals surface area contributed by atoms with E-state index in [0.717, 1.165) is 36.6 Å². The van der Waals surface area contributed by atoms with E-state index in [0.29, 0.717) is 11.5 Å². The highest BCUT2D eigenvalue weighted by Gasteiger charge is 2.28. The molecule has 0 spiro atoms. The number of aliphatic hydroxyl groups is 1. The van der Waals surface area contributed by atoms with Crippen LogP contribution in [0.1, 0.15) is 30.3 Å². The highest BCUT2D eigenvalue weighted by molar-refractivity contribution is 5.62. The van der Waals surface area contributed by atoms with Gasteiger partial charge in [-0.3, -0.25) is 4.98 Å². The maximum atomic E-state index is 9.65. The third-order valence-electron chi connectivity index (χ3n) is 3.67. The molecule has 1 fully saturated rings. The molecular weight excluding hydrogens is 226 g/mol. The number of aromatic nitrogens is 1. The Labute approximate surface area is 108 Å². The lowest BCUT2D eigenvalue weighted by Crippen LogP contribution is -2.25. The topological polar surface area (TPSA) is 60.1 Å². The van der Waals surface area contributed by atoms with E-state index in [9.17, 15) is 10.4 Å². The van der Waals surface area contributed by atoms with Gasteiger partial charge < -0.3 is 10.0 Å². The first-order chi connectivity index (χ1) is 8.52. The van der Waals surface area contributed by atoms with E-state index in [1.54, 1.807) is 0 Å². The van der Waals surface area contributed by atoms with Gasteiger partial charge in [0.1, 0.15) is 6.07 Å². The number of nitrogens with zero attached hydrogens (tertiary/aromatic N) is 3. The summed E-state index contributed by atoms with van der Waals surface area (Å²) in [6.07, 6.45) is 0.688. The van der Waals surface area contributed by atoms with Gasteiger partial charge in [-0.25, -0.2) is 0 Å². The molecule has 1 saturated heterocycles. The van der Waals surface area contributed by atoms with Gasteiger partial charge in [-0.2, -0.15) is 5.26 Å². The van der Waals surface area contributed by atoms with Gasteiger partial charge in [-0.1, -0.05) is 0 Å². The van der Waals surface area contributed by atoms with E-state index in [1.807, 2.05) is 26.8 Å². The van der Waals surface area contributed by atoms with E-state index in [4.69, 9.17) is 0 Å². The van der Waals surface area contributed by atoms with Crippen molar-refractivity contribution in [1.29, 1.82) is 5.26 Å². The van der Waals surface area contributed by atoms with Crippen LogP contribution in [0.2, 0.25) is 0 Å². The molecule has 2 rings (SSSR count). The van der Waals surface area contributed by atoms with Crippen LogP contribution in [-0.2, 0) is 0 Å². The van der Waals surface area contributed by atoms with Gasteiger partial charge in [-0.05, 0) is 33.3 Å². The zero-order chi connectivity index (χ0) is 13.3. The normalized spacial score (nSPS) is 20.8. The maximum absolute atomic E-state index is 9.65. The Hall–Kier alpha value is -1.60. The molecule has 1 aromatic heterocycles. The van der Waals surface area contributed by atoms with Crippen LogP contribution in [-0.4, -0.2) is 29.3 Å². The zero-order valence-corrected chi connectivity index (χ0v) is 11.1. The number of aliphatic hydroxyl groups excluding tert-OH is 1. The minimum absolute atomic E-state index is 0.287. The van der Waals surface area contributed by atoms with E-state index >= 15 is 0 Å². The molecule has 1 aliphatic rings. The molecule has 96 valence electrons. The highest BCUT2D eigenvalue weighted by Crippen LogP contribution is 2.29. The number of hydrogen-bond donors (Lipinski definition) is 1. The molecule has 0 aliphatic carbocycles. The van der Waals surface area contributed by atoms with Crippen molar-refractivity contribution in [2.75, 3.05) is 18.0 Å². The Kier molecular flexibility index (Phi) is 3.53. The average molecular weight is 245 g/mol. The van der Waals surface area contributed by atoms with Gasteiger partial charge in [0.25, 0.3) is 0 Å². The predicted molar refractivity (Wildman–Crippen MR) is 70.4 cm³/mol. The SMILES string of the molecule is Cc1cc(N2CCC(C(C)O)C2)c(C#N)c(C)n1. The summed E-state index contributed by atoms with van der Waals surface area (Å²) in [5, 5.41) is 18.9. The zero-order valence-electron chi connectivity index (χ0n) is 11.1. The Morgan fingerprint density at radius 1 is 1.56 bits per heavy atom. The molecular formula is C14H19N3O. The molecule has 1 aromatic rings. The van der Waals surface area contributed by atoms with Crippen LogP contribution in [0.4, 0.5) is 5.69 Å². The van der Waals surface area contributed by atoms with Crippen LogP contribution in [0.3, 0.4) is 0 Å². The van der Waals surface area contributed by atoms with E-state index in [-0.39, 0.29) is 6.10 Å². The predicted octanol–water partition coefficient (Wildman–Crippen LogP) is 1.78. The molecule has 2 atom stereocenters. The number of rotatable bonds is 2. The molecule has 18 heavy (non-hydrogen) atoms. The number of hydrogen-bond acceptors (Lipinski definition) is 4. The van der Waals surface area contributed by atoms with Gasteiger partial charge in [0.15, 0.2) is 0 Å². The van der Waals surface area contributed by atoms with Crippen LogP contribution in [0, 0.1) is 31.1 Å². The van der Waals surface area contributed by atoms with Gasteiger partial charge in [0.2, 0.25) is 0 Å². The van der Waals surface area contributed by atoms with E-state index < -0.39 is 0 Å². The Balaban J connectivity index is 2.32. The molecule has 0 amide bonds. The number of aryl methyl sites for hydroxylation is 2. The smallest absolute Gasteiger partial charge is 0.103 e. The lowest BCUT2D eigenvalue weighted by molar-refractivity contribution is 0.136. The van der Waals surface area contributed by atoms with Crippen molar-refractivity contribution in [3.05, 3.63) is 23.0 Å². The summed E-state index contributed by atoms with van der Waals surface area (Å²) in [4.78, 5) is 6.52. The van der Waals surface area contributed by atoms with Crippen molar-refractivity contribution in [3.8, 4) is 6.07 Å². The average Bonchev–Trinajstić information content (AvgIpc) is 2.77. The molecule has 4 heteroatoms. The third kappa shape index (κ3) is 2.32. The molecule has 0 radical (unpaired) electrons. The molecule has 0 bridgehead atoms. The Morgan fingerprint density at radius 3 is 2.83 bits per heavy atom. The van der Waals surface area contributed by atoms with Gasteiger partial charge in [0.05, 0.1) is 23.0 Å². The Morgan fingerprint density at radius 2 is 2.28 bits per heavy atom. The van der Waals surface area contributed by atoms with Crippen LogP contribution < -0.4 is 4.90 Å². The van der Waals surface area contributed by atoms with Crippen molar-refractivity contribution in [2.45, 2.75) is 33.3 Å². The number of anilines is 1. The van der Waals surface area contributed by atoms with Crippen molar-refractivity contribution in [1.82, 2.24) is 4.98 Å². The minimum Gasteiger partial charge on any atom is -0.393 e. The molecule has 2 heterocycles. The second-order valence-corrected chi connectivity index (χ2v) is 5.09. The van der Waals surface area contributed by atoms with Gasteiger partial charge in [-0.15, -0.1) is 0 Å². The van der Waals surface area contributed by atoms with Crippen LogP contribution in [0.25, 0.3) is 0 Å². The fourth-order valence-corrected chi connectivity index (χ4v) is 2.60. The monoisotopic (exact) mass is 245 g/mol. The summed E-state index contributed by atoms with van der Waals surface area (Å²) in [7, 11) is 0. The molecule has 1 aliphatic heterocycles. The van der Waals surface area contributed by atoms with Crippen molar-refractivity contribution in [3.63, 3.8) is 0 Å². The van der Waals surface area contributed by atoms with Crippen molar-refractivity contribution >= 4 is 5.69 Å². The number of pyridine rings is 1. The second kappa shape index (κ2) is 4.95. The lowest BCUT2D eigenvalue weighted by atomic mass is 10.0. The fourth-order valence-electron chi connectivity index (χ4n) is 2.60. The Bertz CT molecular complexity index is 491. The molecule has 2 unspecified atom stereocenters. The highest BCUT2D eigenvalue weighted by atomic mass is 16.3. The summed E-state index contributed by atoms with van der Waals surface area (Å²) >= 11 is 0. The van der Waals surface area contributed by atoms with Crippen molar-refractivity contribution in [2.24, 2.45) is 5.92 Å². The van der Waals surface area contributed by atoms with Crippen LogP contribution >= 0.6 is 0 Å². The fraction of sp³-hybridized carbons (Fsp3) is 0.571. The first-order valence-electron chi connectivity index (χ1n) is 6.34. The van der Waals surface area contributed by atoms with Gasteiger partial charge >= 0.3 is 0 Å². The molecule has 4 nitrogen and oxygen atoms in total. The molecule has 1 N–H and O–H groups in total. The lowest BCUT2D eigenvalue weighted by Gasteiger charge is -2.22. The molecule has 0 saturated carbocycles. The van der Waals surface area contributed by atoms with Crippen molar-refractivity contribution < 1.29 is 5.11 Å². The summed E-state index contributed by atoms with van der Waals surface area (Å²) in [5.74, 6) is 0.297. The van der Waals surface area contributed by atoms with Gasteiger partial charge in [0, 0.05) is 24.7 Å². The van der Waals surface area contributed by atoms with Crippen LogP contribution in [0.15, 0.2) is 6.07 Å². The first-order valence-corrected chi connectivity index (χ1v) is 6.34. The largest absolute Gasteiger partial charge is 0.393 e. The van der Waals surface area contributed by atoms with E-state index in [1.165, 1.54) is 0 Å². The van der Waals surface area contributed by atoms with E-state index in [2.05, 4.69) is 16.0 Å². The maximum Gasteiger partial charge on any atom is 0.103 e. The standard InChI is InChI=1S/C14H19N3O/c1-9-6-14(13(7-15)10(2)16-9)17-5-4-12(8-17)11(3)18/h6,11-12,18H,4-5,8H2,1-3H3. The third-order valence-corrected chi connectivity index (χ3v) is 3.67.